The summed E-state index contributed by atoms with van der Waals surface area (Å²) in [6.45, 7) is 12.7. The fraction of sp³-hybridized carbons (Fsp3) is 0.800. The first-order valence-electron chi connectivity index (χ1n) is 7.30. The molecule has 1 rings (SSSR count). The largest absolute Gasteiger partial charge is 0.357 e. The molecule has 2 unspecified atom stereocenters. The van der Waals surface area contributed by atoms with E-state index in [2.05, 4.69) is 54.1 Å². The van der Waals surface area contributed by atoms with E-state index in [9.17, 15) is 0 Å². The molecule has 5 heteroatoms. The lowest BCUT2D eigenvalue weighted by Gasteiger charge is -2.21. The lowest BCUT2D eigenvalue weighted by atomic mass is 10.1. The summed E-state index contributed by atoms with van der Waals surface area (Å²) < 4.78 is 0. The number of guanidine groups is 1. The van der Waals surface area contributed by atoms with Crippen LogP contribution in [0.25, 0.3) is 0 Å². The molecule has 0 amide bonds. The predicted molar refractivity (Wildman–Crippen MR) is 97.6 cm³/mol. The van der Waals surface area contributed by atoms with Crippen molar-refractivity contribution in [2.45, 2.75) is 46.2 Å². The molecule has 0 spiro atoms. The van der Waals surface area contributed by atoms with E-state index in [1.807, 2.05) is 0 Å². The van der Waals surface area contributed by atoms with Gasteiger partial charge in [0.25, 0.3) is 0 Å². The molecule has 0 aliphatic carbocycles. The topological polar surface area (TPSA) is 39.7 Å². The maximum absolute atomic E-state index is 5.26. The fourth-order valence-electron chi connectivity index (χ4n) is 2.34. The predicted octanol–water partition coefficient (Wildman–Crippen LogP) is 1.91. The molecule has 0 aromatic rings. The van der Waals surface area contributed by atoms with E-state index in [4.69, 9.17) is 6.42 Å². The second-order valence-corrected chi connectivity index (χ2v) is 5.49. The Bertz CT molecular complexity index is 335. The van der Waals surface area contributed by atoms with E-state index in [0.29, 0.717) is 31.0 Å². The van der Waals surface area contributed by atoms with Crippen molar-refractivity contribution in [3.8, 4) is 12.3 Å². The molecule has 1 saturated heterocycles. The van der Waals surface area contributed by atoms with Crippen LogP contribution in [-0.2, 0) is 0 Å². The minimum absolute atomic E-state index is 0. The Morgan fingerprint density at radius 2 is 2.15 bits per heavy atom. The van der Waals surface area contributed by atoms with Crippen molar-refractivity contribution in [3.05, 3.63) is 0 Å². The highest BCUT2D eigenvalue weighted by molar-refractivity contribution is 14.0. The number of hydrogen-bond acceptors (Lipinski definition) is 2. The second-order valence-electron chi connectivity index (χ2n) is 5.49. The molecule has 0 radical (unpaired) electrons. The van der Waals surface area contributed by atoms with Crippen LogP contribution in [0.5, 0.6) is 0 Å². The molecule has 0 aromatic heterocycles. The first kappa shape index (κ1) is 19.5. The Hall–Kier alpha value is -0.480. The summed E-state index contributed by atoms with van der Waals surface area (Å²) in [5.74, 6) is 4.15. The highest BCUT2D eigenvalue weighted by Gasteiger charge is 2.31. The van der Waals surface area contributed by atoms with Gasteiger partial charge in [0.1, 0.15) is 0 Å². The number of nitrogens with one attached hydrogen (secondary N) is 2. The highest BCUT2D eigenvalue weighted by Crippen LogP contribution is 2.18. The summed E-state index contributed by atoms with van der Waals surface area (Å²) in [5.41, 5.74) is 0. The average Bonchev–Trinajstić information content (AvgIpc) is 2.72. The Kier molecular flexibility index (Phi) is 10.0. The van der Waals surface area contributed by atoms with Gasteiger partial charge < -0.3 is 10.6 Å². The Morgan fingerprint density at radius 1 is 1.45 bits per heavy atom. The van der Waals surface area contributed by atoms with Crippen LogP contribution in [0.3, 0.4) is 0 Å². The van der Waals surface area contributed by atoms with Gasteiger partial charge in [-0.3, -0.25) is 9.89 Å². The lowest BCUT2D eigenvalue weighted by Crippen LogP contribution is -2.46. The summed E-state index contributed by atoms with van der Waals surface area (Å²) >= 11 is 0. The molecule has 0 saturated carbocycles. The number of nitrogens with zero attached hydrogens (tertiary/aromatic N) is 2. The fourth-order valence-corrected chi connectivity index (χ4v) is 2.34. The summed E-state index contributed by atoms with van der Waals surface area (Å²) in [7, 11) is 0. The van der Waals surface area contributed by atoms with Crippen LogP contribution in [0.4, 0.5) is 0 Å². The molecule has 2 N–H and O–H groups in total. The van der Waals surface area contributed by atoms with Crippen molar-refractivity contribution in [1.29, 1.82) is 0 Å². The maximum atomic E-state index is 5.26. The van der Waals surface area contributed by atoms with E-state index in [-0.39, 0.29) is 24.0 Å². The lowest BCUT2D eigenvalue weighted by molar-refractivity contribution is 0.265. The third kappa shape index (κ3) is 6.31. The quantitative estimate of drug-likeness (QED) is 0.247. The molecule has 2 atom stereocenters. The van der Waals surface area contributed by atoms with Crippen molar-refractivity contribution < 1.29 is 0 Å². The molecule has 1 aliphatic rings. The van der Waals surface area contributed by atoms with Gasteiger partial charge in [-0.2, -0.15) is 0 Å². The van der Waals surface area contributed by atoms with Crippen LogP contribution in [0.15, 0.2) is 4.99 Å². The molecule has 0 bridgehead atoms. The Labute approximate surface area is 141 Å². The van der Waals surface area contributed by atoms with Gasteiger partial charge in [0, 0.05) is 38.1 Å². The average molecular weight is 392 g/mol. The van der Waals surface area contributed by atoms with Crippen LogP contribution in [0.1, 0.15) is 34.1 Å². The van der Waals surface area contributed by atoms with Crippen molar-refractivity contribution >= 4 is 29.9 Å². The zero-order valence-electron chi connectivity index (χ0n) is 13.1. The molecular formula is C15H29IN4. The van der Waals surface area contributed by atoms with Crippen LogP contribution >= 0.6 is 24.0 Å². The minimum Gasteiger partial charge on any atom is -0.357 e. The van der Waals surface area contributed by atoms with Gasteiger partial charge in [0.05, 0.1) is 6.54 Å². The van der Waals surface area contributed by atoms with Gasteiger partial charge in [-0.15, -0.1) is 36.3 Å². The van der Waals surface area contributed by atoms with Crippen molar-refractivity contribution in [1.82, 2.24) is 15.5 Å². The van der Waals surface area contributed by atoms with Crippen molar-refractivity contribution in [2.75, 3.05) is 26.2 Å². The number of terminal acetylenes is 1. The monoisotopic (exact) mass is 392 g/mol. The Balaban J connectivity index is 0.00000361. The van der Waals surface area contributed by atoms with E-state index in [0.717, 1.165) is 25.6 Å². The first-order chi connectivity index (χ1) is 9.08. The molecule has 1 heterocycles. The van der Waals surface area contributed by atoms with Crippen LogP contribution < -0.4 is 10.6 Å². The summed E-state index contributed by atoms with van der Waals surface area (Å²) in [6.07, 6.45) is 5.95. The summed E-state index contributed by atoms with van der Waals surface area (Å²) in [5, 5.41) is 6.82. The van der Waals surface area contributed by atoms with Gasteiger partial charge in [0.15, 0.2) is 5.96 Å². The van der Waals surface area contributed by atoms with Gasteiger partial charge in [-0.1, -0.05) is 6.92 Å². The minimum atomic E-state index is 0. The normalized spacial score (nSPS) is 23.3. The SMILES string of the molecule is C#CCCN=C(NCC)NC1CN(C(C)C)CC1C.I. The number of halogens is 1. The summed E-state index contributed by atoms with van der Waals surface area (Å²) in [4.78, 5) is 7.01. The first-order valence-corrected chi connectivity index (χ1v) is 7.30. The molecule has 4 nitrogen and oxygen atoms in total. The van der Waals surface area contributed by atoms with Crippen molar-refractivity contribution in [2.24, 2.45) is 10.9 Å². The zero-order valence-corrected chi connectivity index (χ0v) is 15.5. The van der Waals surface area contributed by atoms with Gasteiger partial charge in [-0.25, -0.2) is 0 Å². The van der Waals surface area contributed by atoms with E-state index in [1.165, 1.54) is 0 Å². The van der Waals surface area contributed by atoms with Crippen LogP contribution in [0, 0.1) is 18.3 Å². The van der Waals surface area contributed by atoms with Gasteiger partial charge in [0.2, 0.25) is 0 Å². The second kappa shape index (κ2) is 10.3. The molecule has 1 fully saturated rings. The molecule has 0 aromatic carbocycles. The standard InChI is InChI=1S/C15H28N4.HI/c1-6-8-9-17-15(16-7-2)18-14-11-19(12(3)4)10-13(14)5;/h1,12-14H,7-11H2,2-5H3,(H2,16,17,18);1H. The number of rotatable bonds is 5. The molecule has 116 valence electrons. The van der Waals surface area contributed by atoms with Gasteiger partial charge >= 0.3 is 0 Å². The van der Waals surface area contributed by atoms with Crippen LogP contribution in [0.2, 0.25) is 0 Å². The smallest absolute Gasteiger partial charge is 0.191 e. The van der Waals surface area contributed by atoms with Crippen LogP contribution in [-0.4, -0.2) is 49.1 Å². The summed E-state index contributed by atoms with van der Waals surface area (Å²) in [6, 6.07) is 1.07. The van der Waals surface area contributed by atoms with E-state index >= 15 is 0 Å². The highest BCUT2D eigenvalue weighted by atomic mass is 127. The molecular weight excluding hydrogens is 363 g/mol. The van der Waals surface area contributed by atoms with Gasteiger partial charge in [-0.05, 0) is 26.7 Å². The maximum Gasteiger partial charge on any atom is 0.191 e. The third-order valence-corrected chi connectivity index (χ3v) is 3.56. The molecule has 1 aliphatic heterocycles. The molecule has 20 heavy (non-hydrogen) atoms. The van der Waals surface area contributed by atoms with E-state index < -0.39 is 0 Å². The third-order valence-electron chi connectivity index (χ3n) is 3.56. The van der Waals surface area contributed by atoms with Crippen molar-refractivity contribution in [3.63, 3.8) is 0 Å². The zero-order chi connectivity index (χ0) is 14.3. The number of hydrogen-bond donors (Lipinski definition) is 2. The number of aliphatic imine (C=N–C) groups is 1. The number of likely N-dealkylation sites (tertiary alicyclic amines) is 1. The Morgan fingerprint density at radius 3 is 2.65 bits per heavy atom. The van der Waals surface area contributed by atoms with E-state index in [1.54, 1.807) is 0 Å².